The first-order valence-electron chi connectivity index (χ1n) is 22.7. The van der Waals surface area contributed by atoms with Crippen LogP contribution in [0, 0.1) is 5.92 Å². The second-order valence-corrected chi connectivity index (χ2v) is 16.2. The minimum atomic E-state index is -0.355. The van der Waals surface area contributed by atoms with Crippen LogP contribution in [0.1, 0.15) is 42.6 Å². The molecule has 5 N–H and O–H groups in total. The molecule has 1 saturated heterocycles. The number of hydrogen-bond acceptors (Lipinski definition) is 16. The minimum Gasteiger partial charge on any atom is -0.508 e. The Morgan fingerprint density at radius 3 is 2.28 bits per heavy atom. The smallest absolute Gasteiger partial charge is 0.319 e. The first kappa shape index (κ1) is 46.9. The monoisotopic (exact) mass is 928 g/mol. The zero-order valence-electron chi connectivity index (χ0n) is 38.5. The molecule has 0 radical (unpaired) electrons. The number of para-hydroxylation sites is 1. The number of aryl methyl sites for hydroxylation is 1. The molecule has 2 aliphatic rings. The van der Waals surface area contributed by atoms with E-state index < -0.39 is 0 Å². The van der Waals surface area contributed by atoms with Crippen LogP contribution in [-0.2, 0) is 20.7 Å². The summed E-state index contributed by atoms with van der Waals surface area (Å²) < 4.78 is 24.6. The number of hydrogen-bond donors (Lipinski definition) is 5. The van der Waals surface area contributed by atoms with Gasteiger partial charge in [-0.1, -0.05) is 24.2 Å². The molecule has 0 aliphatic carbocycles. The number of aromatic nitrogens is 5. The highest BCUT2D eigenvalue weighted by molar-refractivity contribution is 6.13. The molecule has 2 aromatic heterocycles. The molecule has 4 aromatic carbocycles. The van der Waals surface area contributed by atoms with E-state index >= 15 is 0 Å². The van der Waals surface area contributed by atoms with E-state index in [-0.39, 0.29) is 41.1 Å². The normalized spacial score (nSPS) is 13.8. The van der Waals surface area contributed by atoms with Gasteiger partial charge in [-0.2, -0.15) is 4.98 Å². The quantitative estimate of drug-likeness (QED) is 0.0559. The molecule has 19 heteroatoms. The van der Waals surface area contributed by atoms with Crippen LogP contribution in [0.25, 0.3) is 17.1 Å². The number of amides is 2. The highest BCUT2D eigenvalue weighted by Crippen LogP contribution is 2.40. The van der Waals surface area contributed by atoms with Crippen LogP contribution in [0.5, 0.6) is 29.0 Å². The predicted octanol–water partition coefficient (Wildman–Crippen LogP) is 6.35. The summed E-state index contributed by atoms with van der Waals surface area (Å²) in [6.45, 7) is 7.86. The minimum absolute atomic E-state index is 0.0216. The van der Waals surface area contributed by atoms with Crippen molar-refractivity contribution in [2.24, 2.45) is 5.92 Å². The lowest BCUT2D eigenvalue weighted by molar-refractivity contribution is -0.125. The van der Waals surface area contributed by atoms with Crippen LogP contribution in [0.2, 0.25) is 0 Å². The molecule has 19 nitrogen and oxygen atoms in total. The van der Waals surface area contributed by atoms with Crippen molar-refractivity contribution in [3.63, 3.8) is 0 Å². The number of ether oxygens (including phenoxy) is 4. The molecule has 1 fully saturated rings. The molecule has 2 amide bonds. The molecule has 4 heterocycles. The summed E-state index contributed by atoms with van der Waals surface area (Å²) in [6.07, 6.45) is 3.62. The van der Waals surface area contributed by atoms with E-state index in [1.54, 1.807) is 48.5 Å². The zero-order valence-corrected chi connectivity index (χ0v) is 38.5. The van der Waals surface area contributed by atoms with Gasteiger partial charge < -0.3 is 59.6 Å². The molecule has 6 aromatic rings. The van der Waals surface area contributed by atoms with Gasteiger partial charge in [-0.3, -0.25) is 9.59 Å². The van der Waals surface area contributed by atoms with Crippen LogP contribution < -0.4 is 34.8 Å². The number of carbonyl (C=O) groups is 2. The number of nitrogens with zero attached hydrogens (tertiary/aromatic N) is 8. The van der Waals surface area contributed by atoms with Gasteiger partial charge in [0.05, 0.1) is 67.4 Å². The lowest BCUT2D eigenvalue weighted by Crippen LogP contribution is -2.41. The van der Waals surface area contributed by atoms with Gasteiger partial charge in [-0.15, -0.1) is 5.10 Å². The third-order valence-electron chi connectivity index (χ3n) is 11.9. The Hall–Kier alpha value is -7.64. The van der Waals surface area contributed by atoms with Crippen LogP contribution in [-0.4, -0.2) is 125 Å². The summed E-state index contributed by atoms with van der Waals surface area (Å²) in [6, 6.07) is 22.9. The number of phenols is 2. The van der Waals surface area contributed by atoms with Crippen molar-refractivity contribution in [3.05, 3.63) is 96.2 Å². The third-order valence-corrected chi connectivity index (χ3v) is 11.9. The number of piperidine rings is 1. The van der Waals surface area contributed by atoms with Crippen molar-refractivity contribution < 1.29 is 43.9 Å². The van der Waals surface area contributed by atoms with Crippen molar-refractivity contribution in [1.82, 2.24) is 30.0 Å². The summed E-state index contributed by atoms with van der Waals surface area (Å²) >= 11 is 0. The van der Waals surface area contributed by atoms with Gasteiger partial charge in [0.15, 0.2) is 11.6 Å². The van der Waals surface area contributed by atoms with E-state index in [1.165, 1.54) is 10.6 Å². The van der Waals surface area contributed by atoms with E-state index in [9.17, 15) is 24.9 Å². The molecule has 356 valence electrons. The molecule has 2 aliphatic heterocycles. The standard InChI is InChI=1S/C49H56N10O9/c1-5-31-27-37(42(61)29-41(31)60)44-54-55-49(64)59(44)33-11-14-35(15-12-33)68-26-25-66-24-23-65-22-19-50-46(62)32-17-20-58(21-18-32)34-13-16-38(43(28-34)67-6-2)52-48-51-30-40-45(53-48)56(3)39-10-8-7-9-36(39)47(63)57(40)4/h7-16,27-30,32,60-61H,5-6,17-26H2,1-4H3,(H,50,62)(H,55,64)(H,51,52,53). The van der Waals surface area contributed by atoms with Crippen LogP contribution in [0.15, 0.2) is 85.1 Å². The van der Waals surface area contributed by atoms with E-state index in [0.717, 1.165) is 24.5 Å². The fraction of sp³-hybridized carbons (Fsp3) is 0.347. The van der Waals surface area contributed by atoms with Gasteiger partial charge in [0.2, 0.25) is 11.9 Å². The van der Waals surface area contributed by atoms with Crippen LogP contribution >= 0.6 is 0 Å². The van der Waals surface area contributed by atoms with E-state index in [2.05, 4.69) is 30.7 Å². The number of anilines is 6. The Morgan fingerprint density at radius 1 is 0.779 bits per heavy atom. The summed E-state index contributed by atoms with van der Waals surface area (Å²) in [5.41, 5.74) is 5.14. The van der Waals surface area contributed by atoms with Gasteiger partial charge in [0.25, 0.3) is 5.91 Å². The zero-order chi connectivity index (χ0) is 47.7. The molecular formula is C49H56N10O9. The first-order chi connectivity index (χ1) is 33.0. The number of aromatic hydroxyl groups is 3. The molecule has 8 rings (SSSR count). The van der Waals surface area contributed by atoms with Gasteiger partial charge in [-0.25, -0.2) is 9.55 Å². The molecule has 0 bridgehead atoms. The molecule has 68 heavy (non-hydrogen) atoms. The van der Waals surface area contributed by atoms with E-state index in [1.807, 2.05) is 68.3 Å². The number of benzene rings is 4. The van der Waals surface area contributed by atoms with Gasteiger partial charge >= 0.3 is 6.01 Å². The topological polar surface area (TPSA) is 222 Å². The largest absolute Gasteiger partial charge is 0.508 e. The van der Waals surface area contributed by atoms with Crippen LogP contribution in [0.4, 0.5) is 34.5 Å². The average Bonchev–Trinajstić information content (AvgIpc) is 3.72. The first-order valence-corrected chi connectivity index (χ1v) is 22.7. The molecular weight excluding hydrogens is 873 g/mol. The van der Waals surface area contributed by atoms with Crippen molar-refractivity contribution in [2.75, 3.05) is 93.4 Å². The summed E-state index contributed by atoms with van der Waals surface area (Å²) in [5, 5.41) is 45.3. The Labute approximate surface area is 393 Å². The SMILES string of the molecule is CCOc1cc(N2CCC(C(=O)NCCOCCOCCOc3ccc(-n4c(O)nnc4-c4cc(CC)c(O)cc4O)cc3)CC2)ccc1Nc1ncc2c(n1)N(C)c1ccccc1C(=O)N2C. The number of fused-ring (bicyclic) bond motifs is 2. The lowest BCUT2D eigenvalue weighted by atomic mass is 9.95. The molecule has 0 saturated carbocycles. The van der Waals surface area contributed by atoms with Gasteiger partial charge in [0, 0.05) is 57.5 Å². The van der Waals surface area contributed by atoms with Gasteiger partial charge in [-0.05, 0) is 86.3 Å². The predicted molar refractivity (Wildman–Crippen MR) is 256 cm³/mol. The summed E-state index contributed by atoms with van der Waals surface area (Å²) in [4.78, 5) is 41.4. The fourth-order valence-corrected chi connectivity index (χ4v) is 8.26. The highest BCUT2D eigenvalue weighted by Gasteiger charge is 2.30. The number of phenolic OH excluding ortho intramolecular Hbond substituents is 2. The maximum atomic E-state index is 13.2. The van der Waals surface area contributed by atoms with Crippen LogP contribution in [0.3, 0.4) is 0 Å². The van der Waals surface area contributed by atoms with Crippen molar-refractivity contribution in [2.45, 2.75) is 33.1 Å². The maximum Gasteiger partial charge on any atom is 0.319 e. The summed E-state index contributed by atoms with van der Waals surface area (Å²) in [5.74, 6) is 2.01. The maximum absolute atomic E-state index is 13.2. The second-order valence-electron chi connectivity index (χ2n) is 16.2. The fourth-order valence-electron chi connectivity index (χ4n) is 8.26. The Bertz CT molecular complexity index is 2720. The van der Waals surface area contributed by atoms with Crippen molar-refractivity contribution in [3.8, 4) is 46.1 Å². The van der Waals surface area contributed by atoms with Gasteiger partial charge in [0.1, 0.15) is 35.3 Å². The van der Waals surface area contributed by atoms with Crippen molar-refractivity contribution >= 4 is 46.3 Å². The Balaban J connectivity index is 0.726. The van der Waals surface area contributed by atoms with E-state index in [0.29, 0.717) is 122 Å². The second kappa shape index (κ2) is 21.3. The highest BCUT2D eigenvalue weighted by atomic mass is 16.5. The number of nitrogens with one attached hydrogen (secondary N) is 2. The Morgan fingerprint density at radius 2 is 1.51 bits per heavy atom. The molecule has 0 spiro atoms. The summed E-state index contributed by atoms with van der Waals surface area (Å²) in [7, 11) is 3.61. The third kappa shape index (κ3) is 10.3. The lowest BCUT2D eigenvalue weighted by Gasteiger charge is -2.33. The Kier molecular flexibility index (Phi) is 14.7. The number of carbonyl (C=O) groups excluding carboxylic acids is 2. The molecule has 0 atom stereocenters. The molecule has 0 unspecified atom stereocenters. The number of rotatable bonds is 19. The average molecular weight is 929 g/mol. The van der Waals surface area contributed by atoms with E-state index in [4.69, 9.17) is 23.9 Å². The van der Waals surface area contributed by atoms with Crippen molar-refractivity contribution in [1.29, 1.82) is 0 Å².